The average Bonchev–Trinajstić information content (AvgIpc) is 3.65. The van der Waals surface area contributed by atoms with E-state index >= 15 is 0 Å². The van der Waals surface area contributed by atoms with Crippen molar-refractivity contribution in [1.29, 1.82) is 5.26 Å². The molecule has 3 aliphatic heterocycles. The molecule has 3 fully saturated rings. The van der Waals surface area contributed by atoms with Gasteiger partial charge in [-0.1, -0.05) is 12.6 Å². The molecule has 3 aromatic heterocycles. The van der Waals surface area contributed by atoms with Gasteiger partial charge in [-0.25, -0.2) is 9.97 Å². The number of anilines is 1. The number of carbonyl (C=O) groups excluding carboxylic acids is 1. The molecule has 1 amide bonds. The van der Waals surface area contributed by atoms with Gasteiger partial charge in [-0.3, -0.25) is 9.69 Å². The molecule has 13 heteroatoms. The Morgan fingerprint density at radius 3 is 2.65 bits per heavy atom. The van der Waals surface area contributed by atoms with E-state index in [-0.39, 0.29) is 22.2 Å². The second-order valence-electron chi connectivity index (χ2n) is 14.0. The fourth-order valence-corrected chi connectivity index (χ4v) is 9.08. The molecule has 0 aliphatic carbocycles. The lowest BCUT2D eigenvalue weighted by Crippen LogP contribution is -2.64. The zero-order chi connectivity index (χ0) is 34.3. The molecule has 3 saturated heterocycles. The molecule has 0 atom stereocenters. The number of fused-ring (bicyclic) bond motifs is 2. The van der Waals surface area contributed by atoms with E-state index in [1.807, 2.05) is 11.0 Å². The van der Waals surface area contributed by atoms with Gasteiger partial charge >= 0.3 is 6.18 Å². The quantitative estimate of drug-likeness (QED) is 0.212. The molecule has 0 bridgehead atoms. The first-order valence-corrected chi connectivity index (χ1v) is 17.8. The summed E-state index contributed by atoms with van der Waals surface area (Å²) in [7, 11) is 0. The van der Waals surface area contributed by atoms with Crippen molar-refractivity contribution in [3.05, 3.63) is 64.9 Å². The van der Waals surface area contributed by atoms with Crippen LogP contribution in [0.15, 0.2) is 43.2 Å². The first-order valence-electron chi connectivity index (χ1n) is 17.0. The molecule has 7 rings (SSSR count). The number of benzene rings is 1. The van der Waals surface area contributed by atoms with Crippen molar-refractivity contribution >= 4 is 44.2 Å². The van der Waals surface area contributed by atoms with Crippen molar-refractivity contribution < 1.29 is 18.0 Å². The topological polar surface area (TPSA) is 93.3 Å². The van der Waals surface area contributed by atoms with Crippen molar-refractivity contribution in [3.63, 3.8) is 0 Å². The molecule has 6 heterocycles. The first-order chi connectivity index (χ1) is 23.5. The minimum absolute atomic E-state index is 0.0150. The van der Waals surface area contributed by atoms with Crippen LogP contribution in [0.25, 0.3) is 21.1 Å². The number of halogens is 3. The van der Waals surface area contributed by atoms with Crippen LogP contribution in [0.3, 0.4) is 0 Å². The minimum atomic E-state index is -4.26. The van der Waals surface area contributed by atoms with E-state index < -0.39 is 12.6 Å². The summed E-state index contributed by atoms with van der Waals surface area (Å²) < 4.78 is 41.0. The van der Waals surface area contributed by atoms with Crippen molar-refractivity contribution in [1.82, 2.24) is 29.2 Å². The van der Waals surface area contributed by atoms with Gasteiger partial charge in [-0.15, -0.1) is 11.3 Å². The summed E-state index contributed by atoms with van der Waals surface area (Å²) >= 11 is 1.07. The van der Waals surface area contributed by atoms with Gasteiger partial charge in [0.15, 0.2) is 0 Å². The summed E-state index contributed by atoms with van der Waals surface area (Å²) in [5.41, 5.74) is 4.38. The highest BCUT2D eigenvalue weighted by molar-refractivity contribution is 7.18. The lowest BCUT2D eigenvalue weighted by molar-refractivity contribution is -0.142. The lowest BCUT2D eigenvalue weighted by Gasteiger charge is -2.54. The van der Waals surface area contributed by atoms with Gasteiger partial charge in [0.05, 0.1) is 11.8 Å². The fourth-order valence-electron chi connectivity index (χ4n) is 8.05. The number of nitrogens with zero attached hydrogens (tertiary/aromatic N) is 7. The number of rotatable bonds is 9. The van der Waals surface area contributed by atoms with Crippen molar-refractivity contribution in [2.24, 2.45) is 5.41 Å². The molecule has 4 aromatic rings. The maximum absolute atomic E-state index is 13.0. The molecule has 1 spiro atoms. The number of likely N-dealkylation sites (tertiary alicyclic amines) is 3. The number of hydrogen-bond donors (Lipinski definition) is 1. The van der Waals surface area contributed by atoms with Gasteiger partial charge in [0.2, 0.25) is 5.91 Å². The van der Waals surface area contributed by atoms with E-state index in [1.165, 1.54) is 23.5 Å². The summed E-state index contributed by atoms with van der Waals surface area (Å²) in [6, 6.07) is 10.5. The van der Waals surface area contributed by atoms with E-state index in [0.29, 0.717) is 21.7 Å². The number of thiophene rings is 1. The Bertz CT molecular complexity index is 1910. The van der Waals surface area contributed by atoms with Crippen LogP contribution in [0.1, 0.15) is 47.4 Å². The number of amides is 1. The van der Waals surface area contributed by atoms with Crippen LogP contribution >= 0.6 is 11.3 Å². The Morgan fingerprint density at radius 1 is 1.12 bits per heavy atom. The van der Waals surface area contributed by atoms with E-state index in [9.17, 15) is 23.2 Å². The smallest absolute Gasteiger partial charge is 0.367 e. The van der Waals surface area contributed by atoms with E-state index in [0.717, 1.165) is 107 Å². The van der Waals surface area contributed by atoms with E-state index in [1.54, 1.807) is 6.07 Å². The molecule has 258 valence electrons. The highest BCUT2D eigenvalue weighted by Gasteiger charge is 2.46. The molecule has 1 N–H and O–H groups in total. The van der Waals surface area contributed by atoms with Gasteiger partial charge in [-0.2, -0.15) is 18.4 Å². The molecule has 0 unspecified atom stereocenters. The predicted octanol–water partition coefficient (Wildman–Crippen LogP) is 6.12. The monoisotopic (exact) mass is 690 g/mol. The predicted molar refractivity (Wildman–Crippen MR) is 185 cm³/mol. The Balaban J connectivity index is 0.962. The number of carbonyl (C=O) groups is 1. The largest absolute Gasteiger partial charge is 0.393 e. The minimum Gasteiger partial charge on any atom is -0.367 e. The maximum Gasteiger partial charge on any atom is 0.393 e. The average molecular weight is 691 g/mol. The third kappa shape index (κ3) is 7.04. The first kappa shape index (κ1) is 33.5. The maximum atomic E-state index is 13.0. The number of hydrogen-bond acceptors (Lipinski definition) is 8. The molecular formula is C36H41F3N8OS. The summed E-state index contributed by atoms with van der Waals surface area (Å²) in [6.07, 6.45) is 1.64. The van der Waals surface area contributed by atoms with Crippen LogP contribution in [0.5, 0.6) is 0 Å². The molecule has 0 radical (unpaired) electrons. The Morgan fingerprint density at radius 2 is 1.92 bits per heavy atom. The van der Waals surface area contributed by atoms with Crippen molar-refractivity contribution in [3.8, 4) is 6.07 Å². The highest BCUT2D eigenvalue weighted by Crippen LogP contribution is 2.39. The zero-order valence-corrected chi connectivity index (χ0v) is 28.5. The van der Waals surface area contributed by atoms with Gasteiger partial charge in [0.25, 0.3) is 0 Å². The number of nitriles is 1. The Hall–Kier alpha value is -3.99. The van der Waals surface area contributed by atoms with Crippen LogP contribution in [0.4, 0.5) is 19.0 Å². The van der Waals surface area contributed by atoms with Crippen LogP contribution in [-0.2, 0) is 24.3 Å². The molecule has 1 aromatic carbocycles. The molecule has 0 saturated carbocycles. The SMILES string of the molecule is C=CC(=O)N1CC2(CCCN(CCn3c(C#N)cc4c(C)c(CN5CCC(Nc6ncnc7sc(CC(F)(F)F)cc67)CC5)ccc43)C2)C1. The van der Waals surface area contributed by atoms with Crippen molar-refractivity contribution in [2.45, 2.75) is 64.3 Å². The summed E-state index contributed by atoms with van der Waals surface area (Å²) in [6.45, 7) is 13.6. The second-order valence-corrected chi connectivity index (χ2v) is 15.1. The standard InChI is InChI=1S/C36H41F3N8OS/c1-3-32(48)46-21-35(22-46)9-4-10-45(20-35)13-14-47-27(18-40)15-29-24(2)25(5-6-31(29)47)19-44-11-7-26(8-12-44)43-33-30-16-28(17-36(37,38)39)49-34(30)42-23-41-33/h3,5-6,15-16,23,26H,1,4,7-14,17,19-22H2,2H3,(H,41,42,43). The zero-order valence-electron chi connectivity index (χ0n) is 27.7. The van der Waals surface area contributed by atoms with Crippen LogP contribution in [-0.4, -0.2) is 93.2 Å². The number of alkyl halides is 3. The van der Waals surface area contributed by atoms with Gasteiger partial charge in [0.1, 0.15) is 28.7 Å². The third-order valence-electron chi connectivity index (χ3n) is 10.6. The summed E-state index contributed by atoms with van der Waals surface area (Å²) in [5.74, 6) is 0.614. The third-order valence-corrected chi connectivity index (χ3v) is 11.6. The number of aryl methyl sites for hydroxylation is 1. The van der Waals surface area contributed by atoms with Gasteiger partial charge in [-0.05, 0) is 74.6 Å². The number of piperidine rings is 2. The highest BCUT2D eigenvalue weighted by atomic mass is 32.1. The number of nitrogens with one attached hydrogen (secondary N) is 1. The van der Waals surface area contributed by atoms with E-state index in [4.69, 9.17) is 0 Å². The molecule has 3 aliphatic rings. The Labute approximate surface area is 288 Å². The van der Waals surface area contributed by atoms with Crippen LogP contribution < -0.4 is 5.32 Å². The normalized spacial score (nSPS) is 19.0. The summed E-state index contributed by atoms with van der Waals surface area (Å²) in [4.78, 5) is 28.2. The van der Waals surface area contributed by atoms with Crippen LogP contribution in [0.2, 0.25) is 0 Å². The van der Waals surface area contributed by atoms with Gasteiger partial charge < -0.3 is 19.7 Å². The second kappa shape index (κ2) is 13.4. The van der Waals surface area contributed by atoms with E-state index in [2.05, 4.69) is 61.4 Å². The number of aromatic nitrogens is 3. The fraction of sp³-hybridized carbons (Fsp3) is 0.500. The molecule has 9 nitrogen and oxygen atoms in total. The summed E-state index contributed by atoms with van der Waals surface area (Å²) in [5, 5.41) is 15.3. The molecule has 49 heavy (non-hydrogen) atoms. The van der Waals surface area contributed by atoms with Crippen molar-refractivity contribution in [2.75, 3.05) is 51.1 Å². The molecular weight excluding hydrogens is 650 g/mol. The van der Waals surface area contributed by atoms with Crippen LogP contribution in [0, 0.1) is 23.7 Å². The Kier molecular flexibility index (Phi) is 9.15. The van der Waals surface area contributed by atoms with Gasteiger partial charge in [0, 0.05) is 79.6 Å². The lowest BCUT2D eigenvalue weighted by atomic mass is 9.73.